The van der Waals surface area contributed by atoms with Gasteiger partial charge < -0.3 is 4.74 Å². The monoisotopic (exact) mass is 406 g/mol. The molecule has 2 rings (SSSR count). The molecule has 0 spiro atoms. The Balaban J connectivity index is -0.000000569. The van der Waals surface area contributed by atoms with Gasteiger partial charge in [0.1, 0.15) is 5.76 Å². The van der Waals surface area contributed by atoms with Crippen LogP contribution in [0, 0.1) is 20.0 Å². The van der Waals surface area contributed by atoms with Gasteiger partial charge in [0.25, 0.3) is 0 Å². The zero-order valence-electron chi connectivity index (χ0n) is 14.8. The number of allylic oxidation sites excluding steroid dienone is 3. The third kappa shape index (κ3) is 6.21. The first kappa shape index (κ1) is 27.9. The van der Waals surface area contributed by atoms with Crippen LogP contribution in [-0.2, 0) is 40.6 Å². The summed E-state index contributed by atoms with van der Waals surface area (Å²) in [6.45, 7) is 27.8. The quantitative estimate of drug-likeness (QED) is 0.401. The molecule has 0 bridgehead atoms. The summed E-state index contributed by atoms with van der Waals surface area (Å²) in [4.78, 5) is 12.7. The predicted molar refractivity (Wildman–Crippen MR) is 88.1 cm³/mol. The van der Waals surface area contributed by atoms with E-state index in [0.717, 1.165) is 29.2 Å². The maximum atomic E-state index is 12.7. The standard InChI is InChI=1S/C13H22O2Si2.3CO.Fe/c1-16(2,3)12-9-7-8-15-11(9)13(10(12)14)17(4,5)6;3*1-2;/h7-8H2,1-6H3;;;;. The van der Waals surface area contributed by atoms with Crippen LogP contribution >= 0.6 is 0 Å². The van der Waals surface area contributed by atoms with E-state index in [9.17, 15) is 4.79 Å². The summed E-state index contributed by atoms with van der Waals surface area (Å²) in [6.07, 6.45) is 0.939. The van der Waals surface area contributed by atoms with Crippen molar-refractivity contribution in [3.05, 3.63) is 41.7 Å². The second kappa shape index (κ2) is 11.6. The van der Waals surface area contributed by atoms with Gasteiger partial charge >= 0.3 is 33.9 Å². The zero-order valence-corrected chi connectivity index (χ0v) is 17.9. The first-order chi connectivity index (χ1) is 10.6. The summed E-state index contributed by atoms with van der Waals surface area (Å²) in [6, 6.07) is 0. The smallest absolute Gasteiger partial charge is 0 e. The SMILES string of the molecule is C[Si](C)(C)C1=C2CCOC2=C([Si](C)(C)C)C1=O.[C-]#[O+].[C-]#[O+].[C-]#[O+].[Fe]. The molecule has 0 aromatic carbocycles. The van der Waals surface area contributed by atoms with E-state index in [2.05, 4.69) is 59.2 Å². The zero-order chi connectivity index (χ0) is 19.0. The Bertz CT molecular complexity index is 518. The van der Waals surface area contributed by atoms with E-state index in [-0.39, 0.29) is 17.1 Å². The Hall–Kier alpha value is -0.877. The molecule has 0 atom stereocenters. The molecular weight excluding hydrogens is 384 g/mol. The molecule has 0 saturated carbocycles. The van der Waals surface area contributed by atoms with E-state index >= 15 is 0 Å². The first-order valence-electron chi connectivity index (χ1n) is 6.91. The number of rotatable bonds is 2. The van der Waals surface area contributed by atoms with Crippen molar-refractivity contribution in [3.8, 4) is 0 Å². The molecule has 0 aromatic rings. The van der Waals surface area contributed by atoms with E-state index < -0.39 is 16.1 Å². The third-order valence-corrected chi connectivity index (χ3v) is 7.34. The summed E-state index contributed by atoms with van der Waals surface area (Å²) in [7, 11) is -3.17. The molecule has 1 saturated heterocycles. The second-order valence-electron chi connectivity index (χ2n) is 6.99. The van der Waals surface area contributed by atoms with Gasteiger partial charge in [0.15, 0.2) is 5.78 Å². The molecule has 8 heteroatoms. The molecule has 0 amide bonds. The summed E-state index contributed by atoms with van der Waals surface area (Å²) in [5.41, 5.74) is 1.26. The number of Topliss-reactive ketones (excluding diaryl/α,β-unsaturated/α-hetero) is 1. The molecule has 132 valence electrons. The topological polar surface area (TPSA) is 86.0 Å². The van der Waals surface area contributed by atoms with Gasteiger partial charge in [0, 0.05) is 34.3 Å². The van der Waals surface area contributed by atoms with Gasteiger partial charge in [-0.25, -0.2) is 0 Å². The molecule has 5 nitrogen and oxygen atoms in total. The molecular formula is C16H22FeO5Si2. The molecule has 2 aliphatic rings. The van der Waals surface area contributed by atoms with Crippen molar-refractivity contribution in [1.29, 1.82) is 0 Å². The van der Waals surface area contributed by atoms with Crippen molar-refractivity contribution in [2.24, 2.45) is 0 Å². The number of ether oxygens (including phenoxy) is 1. The van der Waals surface area contributed by atoms with Crippen molar-refractivity contribution < 1.29 is 40.6 Å². The molecule has 0 aromatic heterocycles. The van der Waals surface area contributed by atoms with Crippen molar-refractivity contribution in [1.82, 2.24) is 0 Å². The minimum absolute atomic E-state index is 0. The van der Waals surface area contributed by atoms with Gasteiger partial charge in [0.2, 0.25) is 0 Å². The fourth-order valence-electron chi connectivity index (χ4n) is 2.76. The fourth-order valence-corrected chi connectivity index (χ4v) is 6.54. The number of ketones is 1. The summed E-state index contributed by atoms with van der Waals surface area (Å²) < 4.78 is 28.3. The third-order valence-electron chi connectivity index (χ3n) is 3.36. The van der Waals surface area contributed by atoms with Gasteiger partial charge in [-0.1, -0.05) is 39.3 Å². The van der Waals surface area contributed by atoms with E-state index in [1.165, 1.54) is 5.57 Å². The molecule has 0 unspecified atom stereocenters. The molecule has 1 fully saturated rings. The van der Waals surface area contributed by atoms with Crippen molar-refractivity contribution in [2.75, 3.05) is 6.61 Å². The maximum absolute atomic E-state index is 12.7. The predicted octanol–water partition coefficient (Wildman–Crippen LogP) is 3.18. The van der Waals surface area contributed by atoms with Crippen LogP contribution < -0.4 is 0 Å². The molecule has 0 N–H and O–H groups in total. The Morgan fingerprint density at radius 3 is 1.54 bits per heavy atom. The fraction of sp³-hybridized carbons (Fsp3) is 0.500. The minimum Gasteiger partial charge on any atom is 0 e. The average Bonchev–Trinajstić information content (AvgIpc) is 3.01. The number of hydrogen-bond acceptors (Lipinski definition) is 2. The van der Waals surface area contributed by atoms with Crippen molar-refractivity contribution >= 4 is 21.9 Å². The van der Waals surface area contributed by atoms with Crippen LogP contribution in [0.5, 0.6) is 0 Å². The number of hydrogen-bond donors (Lipinski definition) is 0. The van der Waals surface area contributed by atoms with Crippen LogP contribution in [-0.4, -0.2) is 28.5 Å². The Morgan fingerprint density at radius 2 is 1.21 bits per heavy atom. The molecule has 1 aliphatic heterocycles. The Morgan fingerprint density at radius 1 is 0.833 bits per heavy atom. The molecule has 1 aliphatic carbocycles. The van der Waals surface area contributed by atoms with Crippen LogP contribution in [0.3, 0.4) is 0 Å². The van der Waals surface area contributed by atoms with Crippen LogP contribution in [0.1, 0.15) is 6.42 Å². The Kier molecular flexibility index (Phi) is 13.6. The van der Waals surface area contributed by atoms with E-state index in [4.69, 9.17) is 18.7 Å². The number of carbonyl (C=O) groups excluding carboxylic acids is 1. The summed E-state index contributed by atoms with van der Waals surface area (Å²) >= 11 is 0. The van der Waals surface area contributed by atoms with Gasteiger partial charge in [-0.2, -0.15) is 0 Å². The Labute approximate surface area is 156 Å². The average molecular weight is 406 g/mol. The summed E-state index contributed by atoms with van der Waals surface area (Å²) in [5.74, 6) is 1.31. The van der Waals surface area contributed by atoms with Gasteiger partial charge in [-0.05, 0) is 5.20 Å². The number of fused-ring (bicyclic) bond motifs is 1. The molecule has 24 heavy (non-hydrogen) atoms. The van der Waals surface area contributed by atoms with Gasteiger partial charge in [-0.15, -0.1) is 0 Å². The van der Waals surface area contributed by atoms with Gasteiger partial charge in [-0.3, -0.25) is 4.79 Å². The maximum Gasteiger partial charge on any atom is 0 e. The second-order valence-corrected chi connectivity index (χ2v) is 17.0. The number of carbonyl (C=O) groups is 1. The first-order valence-corrected chi connectivity index (χ1v) is 13.9. The van der Waals surface area contributed by atoms with E-state index in [0.29, 0.717) is 5.78 Å². The van der Waals surface area contributed by atoms with Crippen LogP contribution in [0.4, 0.5) is 0 Å². The minimum atomic E-state index is -1.61. The summed E-state index contributed by atoms with van der Waals surface area (Å²) in [5, 5.41) is 2.19. The van der Waals surface area contributed by atoms with Crippen LogP contribution in [0.15, 0.2) is 21.7 Å². The van der Waals surface area contributed by atoms with Crippen molar-refractivity contribution in [2.45, 2.75) is 45.7 Å². The van der Waals surface area contributed by atoms with Gasteiger partial charge in [0.05, 0.1) is 22.8 Å². The van der Waals surface area contributed by atoms with E-state index in [1.807, 2.05) is 0 Å². The normalized spacial score (nSPS) is 15.2. The molecule has 1 heterocycles. The van der Waals surface area contributed by atoms with Crippen LogP contribution in [0.2, 0.25) is 39.3 Å². The largest absolute Gasteiger partial charge is 0 e. The van der Waals surface area contributed by atoms with Crippen LogP contribution in [0.25, 0.3) is 0 Å². The van der Waals surface area contributed by atoms with E-state index in [1.54, 1.807) is 0 Å². The van der Waals surface area contributed by atoms with Crippen molar-refractivity contribution in [3.63, 3.8) is 0 Å². The molecule has 0 radical (unpaired) electrons.